The second-order valence-corrected chi connectivity index (χ2v) is 7.31. The molecule has 4 N–H and O–H groups in total. The van der Waals surface area contributed by atoms with Crippen LogP contribution in [0.3, 0.4) is 0 Å². The van der Waals surface area contributed by atoms with Gasteiger partial charge in [0.05, 0.1) is 13.2 Å². The number of aromatic nitrogens is 4. The predicted molar refractivity (Wildman–Crippen MR) is 115 cm³/mol. The van der Waals surface area contributed by atoms with Crippen molar-refractivity contribution in [2.45, 2.75) is 25.0 Å². The molecule has 0 radical (unpaired) electrons. The van der Waals surface area contributed by atoms with Crippen molar-refractivity contribution >= 4 is 17.8 Å². The van der Waals surface area contributed by atoms with E-state index in [-0.39, 0.29) is 38.1 Å². The molecule has 4 rings (SSSR count). The van der Waals surface area contributed by atoms with E-state index in [9.17, 15) is 14.4 Å². The zero-order chi connectivity index (χ0) is 25.5. The highest BCUT2D eigenvalue weighted by molar-refractivity contribution is 5.59. The fourth-order valence-corrected chi connectivity index (χ4v) is 3.15. The van der Waals surface area contributed by atoms with Crippen LogP contribution < -0.4 is 22.8 Å². The normalized spacial score (nSPS) is 23.6. The van der Waals surface area contributed by atoms with Crippen LogP contribution in [-0.4, -0.2) is 77.9 Å². The summed E-state index contributed by atoms with van der Waals surface area (Å²) in [6, 6.07) is 2.92. The lowest BCUT2D eigenvalue weighted by Gasteiger charge is -2.14. The van der Waals surface area contributed by atoms with E-state index >= 15 is 0 Å². The third-order valence-electron chi connectivity index (χ3n) is 4.82. The first kappa shape index (κ1) is 25.5. The summed E-state index contributed by atoms with van der Waals surface area (Å²) in [4.78, 5) is 42.5. The highest BCUT2D eigenvalue weighted by Gasteiger charge is 2.29. The molecule has 2 saturated heterocycles. The first-order valence-corrected chi connectivity index (χ1v) is 10.6. The highest BCUT2D eigenvalue weighted by atomic mass is 16.8. The second kappa shape index (κ2) is 11.9. The Kier molecular flexibility index (Phi) is 8.41. The summed E-state index contributed by atoms with van der Waals surface area (Å²) >= 11 is 0. The number of hydrogen-bond donors (Lipinski definition) is 2. The lowest BCUT2D eigenvalue weighted by atomic mass is 10.5. The molecule has 196 valence electrons. The number of nitrogens with zero attached hydrogens (tertiary/aromatic N) is 4. The summed E-state index contributed by atoms with van der Waals surface area (Å²) in [5, 5.41) is 0. The molecule has 0 amide bonds. The standard InChI is InChI=1S/C19H24N6O11/c20-11-1-3-24(17(26)22-11)13-5-31-15(35-13)7-29-9-33-19(28)34-10-30-8-16-32-6-14(36-16)25-4-2-12(21)23-18(25)27/h1-4,13-16H,5-10H2,(H2,20,22,26)(H2,21,23,27). The van der Waals surface area contributed by atoms with Gasteiger partial charge in [0.15, 0.2) is 38.6 Å². The van der Waals surface area contributed by atoms with Gasteiger partial charge in [0.2, 0.25) is 0 Å². The summed E-state index contributed by atoms with van der Waals surface area (Å²) in [5.74, 6) is 0.201. The topological polar surface area (TPSA) is 213 Å². The van der Waals surface area contributed by atoms with Crippen LogP contribution in [0, 0.1) is 0 Å². The Balaban J connectivity index is 1.05. The van der Waals surface area contributed by atoms with Crippen molar-refractivity contribution in [3.8, 4) is 0 Å². The maximum absolute atomic E-state index is 11.8. The van der Waals surface area contributed by atoms with Gasteiger partial charge in [-0.3, -0.25) is 9.13 Å². The Morgan fingerprint density at radius 3 is 1.72 bits per heavy atom. The number of ether oxygens (including phenoxy) is 8. The number of rotatable bonds is 10. The maximum atomic E-state index is 11.8. The third-order valence-corrected chi connectivity index (χ3v) is 4.82. The molecule has 0 spiro atoms. The van der Waals surface area contributed by atoms with Crippen molar-refractivity contribution in [2.24, 2.45) is 0 Å². The summed E-state index contributed by atoms with van der Waals surface area (Å²) in [5.41, 5.74) is 9.77. The second-order valence-electron chi connectivity index (χ2n) is 7.31. The summed E-state index contributed by atoms with van der Waals surface area (Å²) < 4.78 is 44.1. The molecular formula is C19H24N6O11. The lowest BCUT2D eigenvalue weighted by Crippen LogP contribution is -2.29. The van der Waals surface area contributed by atoms with Gasteiger partial charge in [-0.05, 0) is 12.1 Å². The molecule has 17 heteroatoms. The van der Waals surface area contributed by atoms with Crippen LogP contribution in [0.5, 0.6) is 0 Å². The number of carbonyl (C=O) groups is 1. The fraction of sp³-hybridized carbons (Fsp3) is 0.526. The lowest BCUT2D eigenvalue weighted by molar-refractivity contribution is -0.155. The van der Waals surface area contributed by atoms with Crippen LogP contribution in [0.2, 0.25) is 0 Å². The summed E-state index contributed by atoms with van der Waals surface area (Å²) in [7, 11) is 0. The van der Waals surface area contributed by atoms with E-state index in [0.29, 0.717) is 0 Å². The van der Waals surface area contributed by atoms with Gasteiger partial charge in [-0.2, -0.15) is 9.97 Å². The van der Waals surface area contributed by atoms with E-state index in [1.807, 2.05) is 0 Å². The van der Waals surface area contributed by atoms with E-state index in [4.69, 9.17) is 49.4 Å². The van der Waals surface area contributed by atoms with Gasteiger partial charge in [0.1, 0.15) is 24.8 Å². The minimum Gasteiger partial charge on any atom is -0.407 e. The van der Waals surface area contributed by atoms with Crippen molar-refractivity contribution in [3.05, 3.63) is 45.5 Å². The Labute approximate surface area is 202 Å². The van der Waals surface area contributed by atoms with Crippen LogP contribution in [0.4, 0.5) is 16.4 Å². The first-order chi connectivity index (χ1) is 17.4. The molecule has 0 bridgehead atoms. The monoisotopic (exact) mass is 512 g/mol. The van der Waals surface area contributed by atoms with Crippen LogP contribution in [-0.2, 0) is 37.9 Å². The van der Waals surface area contributed by atoms with Gasteiger partial charge < -0.3 is 49.4 Å². The molecular weight excluding hydrogens is 488 g/mol. The number of carbonyl (C=O) groups excluding carboxylic acids is 1. The molecule has 36 heavy (non-hydrogen) atoms. The van der Waals surface area contributed by atoms with E-state index in [2.05, 4.69) is 9.97 Å². The minimum absolute atomic E-state index is 0.0679. The molecule has 17 nitrogen and oxygen atoms in total. The Morgan fingerprint density at radius 1 is 0.861 bits per heavy atom. The van der Waals surface area contributed by atoms with Gasteiger partial charge in [0, 0.05) is 12.4 Å². The van der Waals surface area contributed by atoms with E-state index in [1.54, 1.807) is 0 Å². The fourth-order valence-electron chi connectivity index (χ4n) is 3.15. The molecule has 2 aliphatic rings. The van der Waals surface area contributed by atoms with Gasteiger partial charge in [-0.25, -0.2) is 14.4 Å². The molecule has 2 aromatic rings. The average Bonchev–Trinajstić information content (AvgIpc) is 3.50. The molecule has 2 fully saturated rings. The van der Waals surface area contributed by atoms with Gasteiger partial charge in [-0.1, -0.05) is 0 Å². The molecule has 4 atom stereocenters. The Hall–Kier alpha value is -3.61. The molecule has 0 aromatic carbocycles. The largest absolute Gasteiger partial charge is 0.512 e. The molecule has 0 saturated carbocycles. The maximum Gasteiger partial charge on any atom is 0.512 e. The predicted octanol–water partition coefficient (Wildman–Crippen LogP) is -1.49. The molecule has 2 aromatic heterocycles. The number of nitrogen functional groups attached to an aromatic ring is 2. The van der Waals surface area contributed by atoms with Crippen molar-refractivity contribution in [3.63, 3.8) is 0 Å². The van der Waals surface area contributed by atoms with Crippen molar-refractivity contribution < 1.29 is 42.7 Å². The Bertz CT molecular complexity index is 1070. The van der Waals surface area contributed by atoms with E-state index in [0.717, 1.165) is 0 Å². The molecule has 4 unspecified atom stereocenters. The molecule has 2 aliphatic heterocycles. The summed E-state index contributed by atoms with van der Waals surface area (Å²) in [6.07, 6.45) is -1.07. The minimum atomic E-state index is -1.04. The zero-order valence-corrected chi connectivity index (χ0v) is 18.8. The SMILES string of the molecule is Nc1ccn(C2COC(COCOC(=O)OCOCC3OCC(n4ccc(N)nc4=O)O3)O2)c(=O)n1. The number of anilines is 2. The smallest absolute Gasteiger partial charge is 0.407 e. The van der Waals surface area contributed by atoms with Gasteiger partial charge in [0.25, 0.3) is 0 Å². The molecule has 4 heterocycles. The van der Waals surface area contributed by atoms with Gasteiger partial charge in [-0.15, -0.1) is 0 Å². The van der Waals surface area contributed by atoms with Gasteiger partial charge >= 0.3 is 17.5 Å². The Morgan fingerprint density at radius 2 is 1.31 bits per heavy atom. The van der Waals surface area contributed by atoms with Crippen LogP contribution in [0.25, 0.3) is 0 Å². The quantitative estimate of drug-likeness (QED) is 0.211. The van der Waals surface area contributed by atoms with Crippen molar-refractivity contribution in [2.75, 3.05) is 51.5 Å². The van der Waals surface area contributed by atoms with Crippen molar-refractivity contribution in [1.82, 2.24) is 19.1 Å². The van der Waals surface area contributed by atoms with E-state index < -0.39 is 56.2 Å². The molecule has 0 aliphatic carbocycles. The highest BCUT2D eigenvalue weighted by Crippen LogP contribution is 2.20. The van der Waals surface area contributed by atoms with Crippen LogP contribution in [0.15, 0.2) is 34.1 Å². The van der Waals surface area contributed by atoms with Crippen molar-refractivity contribution in [1.29, 1.82) is 0 Å². The number of hydrogen-bond acceptors (Lipinski definition) is 15. The summed E-state index contributed by atoms with van der Waals surface area (Å²) in [6.45, 7) is -0.803. The zero-order valence-electron chi connectivity index (χ0n) is 18.8. The number of nitrogens with two attached hydrogens (primary N) is 2. The average molecular weight is 512 g/mol. The van der Waals surface area contributed by atoms with Crippen LogP contribution in [0.1, 0.15) is 12.5 Å². The van der Waals surface area contributed by atoms with Crippen LogP contribution >= 0.6 is 0 Å². The third kappa shape index (κ3) is 6.74. The van der Waals surface area contributed by atoms with E-state index in [1.165, 1.54) is 33.7 Å². The first-order valence-electron chi connectivity index (χ1n) is 10.6.